The summed E-state index contributed by atoms with van der Waals surface area (Å²) >= 11 is 3.21. The molecule has 0 saturated heterocycles. The van der Waals surface area contributed by atoms with E-state index in [1.54, 1.807) is 18.5 Å². The lowest BCUT2D eigenvalue weighted by Gasteiger charge is -2.06. The number of benzene rings is 1. The minimum atomic E-state index is -0.324. The van der Waals surface area contributed by atoms with Crippen LogP contribution in [0.1, 0.15) is 5.56 Å². The summed E-state index contributed by atoms with van der Waals surface area (Å²) in [7, 11) is 0. The number of aromatic nitrogens is 1. The Bertz CT molecular complexity index is 455. The molecule has 0 saturated carbocycles. The molecule has 0 unspecified atom stereocenters. The van der Waals surface area contributed by atoms with E-state index in [1.807, 2.05) is 12.1 Å². The third-order valence-corrected chi connectivity index (χ3v) is 2.42. The Kier molecular flexibility index (Phi) is 3.51. The lowest BCUT2D eigenvalue weighted by atomic mass is 10.3. The number of hydrogen-bond donors (Lipinski definition) is 0. The molecule has 2 aromatic rings. The monoisotopic (exact) mass is 281 g/mol. The highest BCUT2D eigenvalue weighted by molar-refractivity contribution is 9.10. The Morgan fingerprint density at radius 1 is 1.31 bits per heavy atom. The van der Waals surface area contributed by atoms with Crippen LogP contribution < -0.4 is 4.74 Å². The van der Waals surface area contributed by atoms with Crippen LogP contribution in [-0.2, 0) is 6.61 Å². The maximum absolute atomic E-state index is 13.0. The standard InChI is InChI=1S/C12H9BrFNO/c13-10-4-11(14)6-12(5-10)16-8-9-2-1-3-15-7-9/h1-7H,8H2. The molecule has 0 fully saturated rings. The SMILES string of the molecule is Fc1cc(Br)cc(OCc2cccnc2)c1. The van der Waals surface area contributed by atoms with Crippen molar-refractivity contribution >= 4 is 15.9 Å². The normalized spacial score (nSPS) is 10.1. The van der Waals surface area contributed by atoms with Gasteiger partial charge in [0.25, 0.3) is 0 Å². The molecule has 0 atom stereocenters. The maximum atomic E-state index is 13.0. The molecular formula is C12H9BrFNO. The van der Waals surface area contributed by atoms with Crippen LogP contribution in [0.2, 0.25) is 0 Å². The van der Waals surface area contributed by atoms with E-state index in [1.165, 1.54) is 12.1 Å². The summed E-state index contributed by atoms with van der Waals surface area (Å²) < 4.78 is 19.1. The molecule has 4 heteroatoms. The molecule has 0 amide bonds. The fraction of sp³-hybridized carbons (Fsp3) is 0.0833. The smallest absolute Gasteiger partial charge is 0.128 e. The molecule has 0 N–H and O–H groups in total. The molecule has 0 aliphatic rings. The average molecular weight is 282 g/mol. The predicted octanol–water partition coefficient (Wildman–Crippen LogP) is 3.56. The Morgan fingerprint density at radius 3 is 2.88 bits per heavy atom. The molecule has 0 aliphatic carbocycles. The summed E-state index contributed by atoms with van der Waals surface area (Å²) in [5.41, 5.74) is 0.947. The van der Waals surface area contributed by atoms with Gasteiger partial charge in [-0.05, 0) is 18.2 Å². The first-order chi connectivity index (χ1) is 7.74. The fourth-order valence-electron chi connectivity index (χ4n) is 1.26. The lowest BCUT2D eigenvalue weighted by Crippen LogP contribution is -1.96. The topological polar surface area (TPSA) is 22.1 Å². The molecule has 2 rings (SSSR count). The van der Waals surface area contributed by atoms with Gasteiger partial charge < -0.3 is 4.74 Å². The van der Waals surface area contributed by atoms with Crippen molar-refractivity contribution in [2.75, 3.05) is 0 Å². The van der Waals surface area contributed by atoms with Gasteiger partial charge in [0.1, 0.15) is 18.2 Å². The molecule has 1 aromatic heterocycles. The van der Waals surface area contributed by atoms with Crippen molar-refractivity contribution in [3.63, 3.8) is 0 Å². The van der Waals surface area contributed by atoms with E-state index >= 15 is 0 Å². The third kappa shape index (κ3) is 3.03. The van der Waals surface area contributed by atoms with Crippen molar-refractivity contribution in [2.45, 2.75) is 6.61 Å². The molecule has 0 aliphatic heterocycles. The number of pyridine rings is 1. The second-order valence-corrected chi connectivity index (χ2v) is 4.17. The molecule has 16 heavy (non-hydrogen) atoms. The highest BCUT2D eigenvalue weighted by Gasteiger charge is 2.00. The molecule has 2 nitrogen and oxygen atoms in total. The quantitative estimate of drug-likeness (QED) is 0.858. The third-order valence-electron chi connectivity index (χ3n) is 1.96. The second kappa shape index (κ2) is 5.07. The van der Waals surface area contributed by atoms with E-state index in [4.69, 9.17) is 4.74 Å². The zero-order valence-corrected chi connectivity index (χ0v) is 9.95. The van der Waals surface area contributed by atoms with E-state index in [9.17, 15) is 4.39 Å². The first-order valence-electron chi connectivity index (χ1n) is 4.72. The van der Waals surface area contributed by atoms with Crippen molar-refractivity contribution in [2.24, 2.45) is 0 Å². The van der Waals surface area contributed by atoms with Gasteiger partial charge in [-0.15, -0.1) is 0 Å². The van der Waals surface area contributed by atoms with Crippen molar-refractivity contribution < 1.29 is 9.13 Å². The van der Waals surface area contributed by atoms with Gasteiger partial charge in [-0.2, -0.15) is 0 Å². The van der Waals surface area contributed by atoms with Gasteiger partial charge in [0.05, 0.1) is 0 Å². The second-order valence-electron chi connectivity index (χ2n) is 3.26. The van der Waals surface area contributed by atoms with Gasteiger partial charge in [-0.25, -0.2) is 4.39 Å². The summed E-state index contributed by atoms with van der Waals surface area (Å²) in [6.07, 6.45) is 3.41. The Balaban J connectivity index is 2.05. The van der Waals surface area contributed by atoms with Crippen LogP contribution in [0.25, 0.3) is 0 Å². The summed E-state index contributed by atoms with van der Waals surface area (Å²) in [6.45, 7) is 0.379. The van der Waals surface area contributed by atoms with Gasteiger partial charge in [-0.1, -0.05) is 22.0 Å². The van der Waals surface area contributed by atoms with E-state index in [0.29, 0.717) is 16.8 Å². The number of hydrogen-bond acceptors (Lipinski definition) is 2. The lowest BCUT2D eigenvalue weighted by molar-refractivity contribution is 0.304. The minimum absolute atomic E-state index is 0.324. The molecular weight excluding hydrogens is 273 g/mol. The number of rotatable bonds is 3. The zero-order chi connectivity index (χ0) is 11.4. The summed E-state index contributed by atoms with van der Waals surface area (Å²) in [6, 6.07) is 8.19. The Labute approximate surface area is 101 Å². The van der Waals surface area contributed by atoms with Gasteiger partial charge >= 0.3 is 0 Å². The van der Waals surface area contributed by atoms with Gasteiger partial charge in [0, 0.05) is 28.5 Å². The Morgan fingerprint density at radius 2 is 2.19 bits per heavy atom. The van der Waals surface area contributed by atoms with Crippen LogP contribution in [0.15, 0.2) is 47.2 Å². The van der Waals surface area contributed by atoms with Crippen LogP contribution in [0.4, 0.5) is 4.39 Å². The first-order valence-corrected chi connectivity index (χ1v) is 5.51. The summed E-state index contributed by atoms with van der Waals surface area (Å²) in [4.78, 5) is 3.97. The molecule has 0 radical (unpaired) electrons. The van der Waals surface area contributed by atoms with Crippen LogP contribution >= 0.6 is 15.9 Å². The van der Waals surface area contributed by atoms with Crippen LogP contribution in [0.3, 0.4) is 0 Å². The predicted molar refractivity (Wildman–Crippen MR) is 62.7 cm³/mol. The van der Waals surface area contributed by atoms with Gasteiger partial charge in [0.2, 0.25) is 0 Å². The highest BCUT2D eigenvalue weighted by Crippen LogP contribution is 2.21. The first kappa shape index (κ1) is 11.1. The molecule has 0 spiro atoms. The molecule has 1 heterocycles. The minimum Gasteiger partial charge on any atom is -0.489 e. The zero-order valence-electron chi connectivity index (χ0n) is 8.36. The van der Waals surface area contributed by atoms with Gasteiger partial charge in [0.15, 0.2) is 0 Å². The van der Waals surface area contributed by atoms with Crippen molar-refractivity contribution in [3.8, 4) is 5.75 Å². The molecule has 82 valence electrons. The fourth-order valence-corrected chi connectivity index (χ4v) is 1.71. The van der Waals surface area contributed by atoms with Gasteiger partial charge in [-0.3, -0.25) is 4.98 Å². The summed E-state index contributed by atoms with van der Waals surface area (Å²) in [5, 5.41) is 0. The Hall–Kier alpha value is -1.42. The van der Waals surface area contributed by atoms with Crippen LogP contribution in [0.5, 0.6) is 5.75 Å². The van der Waals surface area contributed by atoms with Crippen molar-refractivity contribution in [3.05, 3.63) is 58.6 Å². The van der Waals surface area contributed by atoms with E-state index in [-0.39, 0.29) is 5.82 Å². The molecule has 1 aromatic carbocycles. The number of ether oxygens (including phenoxy) is 1. The summed E-state index contributed by atoms with van der Waals surface area (Å²) in [5.74, 6) is 0.172. The molecule has 0 bridgehead atoms. The number of halogens is 2. The van der Waals surface area contributed by atoms with Crippen LogP contribution in [-0.4, -0.2) is 4.98 Å². The highest BCUT2D eigenvalue weighted by atomic mass is 79.9. The largest absolute Gasteiger partial charge is 0.489 e. The van der Waals surface area contributed by atoms with E-state index in [2.05, 4.69) is 20.9 Å². The maximum Gasteiger partial charge on any atom is 0.128 e. The average Bonchev–Trinajstić information content (AvgIpc) is 2.27. The van der Waals surface area contributed by atoms with Crippen molar-refractivity contribution in [1.82, 2.24) is 4.98 Å². The van der Waals surface area contributed by atoms with E-state index < -0.39 is 0 Å². The van der Waals surface area contributed by atoms with Crippen molar-refractivity contribution in [1.29, 1.82) is 0 Å². The van der Waals surface area contributed by atoms with Crippen LogP contribution in [0, 0.1) is 5.82 Å². The number of nitrogens with zero attached hydrogens (tertiary/aromatic N) is 1. The van der Waals surface area contributed by atoms with E-state index in [0.717, 1.165) is 5.56 Å².